The topological polar surface area (TPSA) is 69.7 Å². The van der Waals surface area contributed by atoms with Gasteiger partial charge in [-0.15, -0.1) is 11.3 Å². The largest absolute Gasteiger partial charge is 0.493 e. The molecule has 0 aliphatic carbocycles. The van der Waals surface area contributed by atoms with Gasteiger partial charge in [0, 0.05) is 21.0 Å². The zero-order valence-electron chi connectivity index (χ0n) is 14.5. The first-order valence-electron chi connectivity index (χ1n) is 8.04. The number of fused-ring (bicyclic) bond motifs is 1. The lowest BCUT2D eigenvalue weighted by molar-refractivity contribution is 0.0435. The number of nitrogens with zero attached hydrogens (tertiary/aromatic N) is 1. The summed E-state index contributed by atoms with van der Waals surface area (Å²) in [6.45, 7) is 0. The van der Waals surface area contributed by atoms with E-state index in [9.17, 15) is 4.79 Å². The van der Waals surface area contributed by atoms with Crippen molar-refractivity contribution in [1.29, 1.82) is 0 Å². The van der Waals surface area contributed by atoms with E-state index in [0.29, 0.717) is 27.8 Å². The SMILES string of the molecule is COc1ccc2c(c1OC)C(=O)OC2Nc1nc(-c2cccc(Br)c2)cs1. The standard InChI is InChI=1S/C19H15BrN2O4S/c1-24-14-7-6-12-15(16(14)25-2)18(23)26-17(12)22-19-21-13(9-27-19)10-4-3-5-11(20)8-10/h3-9,17H,1-2H3,(H,21,22). The van der Waals surface area contributed by atoms with Gasteiger partial charge in [0.15, 0.2) is 16.6 Å². The quantitative estimate of drug-likeness (QED) is 0.563. The van der Waals surface area contributed by atoms with Crippen molar-refractivity contribution in [3.63, 3.8) is 0 Å². The van der Waals surface area contributed by atoms with Gasteiger partial charge in [-0.05, 0) is 24.3 Å². The molecule has 138 valence electrons. The number of carbonyl (C=O) groups excluding carboxylic acids is 1. The Morgan fingerprint density at radius 1 is 1.22 bits per heavy atom. The number of nitrogens with one attached hydrogen (secondary N) is 1. The van der Waals surface area contributed by atoms with Gasteiger partial charge in [-0.3, -0.25) is 0 Å². The molecule has 6 nitrogen and oxygen atoms in total. The lowest BCUT2D eigenvalue weighted by atomic mass is 10.1. The van der Waals surface area contributed by atoms with Crippen LogP contribution in [0.1, 0.15) is 22.1 Å². The summed E-state index contributed by atoms with van der Waals surface area (Å²) in [6.07, 6.45) is -0.631. The van der Waals surface area contributed by atoms with Gasteiger partial charge >= 0.3 is 5.97 Å². The second kappa shape index (κ2) is 7.21. The van der Waals surface area contributed by atoms with Crippen molar-refractivity contribution in [2.75, 3.05) is 19.5 Å². The second-order valence-electron chi connectivity index (χ2n) is 5.74. The van der Waals surface area contributed by atoms with Gasteiger partial charge in [-0.2, -0.15) is 0 Å². The summed E-state index contributed by atoms with van der Waals surface area (Å²) < 4.78 is 17.1. The molecule has 0 radical (unpaired) electrons. The maximum absolute atomic E-state index is 12.4. The highest BCUT2D eigenvalue weighted by Crippen LogP contribution is 2.42. The summed E-state index contributed by atoms with van der Waals surface area (Å²) in [6, 6.07) is 11.5. The Balaban J connectivity index is 1.62. The van der Waals surface area contributed by atoms with Gasteiger partial charge in [0.25, 0.3) is 0 Å². The van der Waals surface area contributed by atoms with Crippen LogP contribution >= 0.6 is 27.3 Å². The van der Waals surface area contributed by atoms with E-state index in [1.54, 1.807) is 12.1 Å². The molecule has 0 bridgehead atoms. The van der Waals surface area contributed by atoms with E-state index in [-0.39, 0.29) is 0 Å². The van der Waals surface area contributed by atoms with Crippen LogP contribution in [0.4, 0.5) is 5.13 Å². The smallest absolute Gasteiger partial charge is 0.344 e. The number of hydrogen-bond donors (Lipinski definition) is 1. The number of ether oxygens (including phenoxy) is 3. The summed E-state index contributed by atoms with van der Waals surface area (Å²) in [4.78, 5) is 17.0. The average molecular weight is 447 g/mol. The maximum Gasteiger partial charge on any atom is 0.344 e. The van der Waals surface area contributed by atoms with E-state index < -0.39 is 12.2 Å². The first-order chi connectivity index (χ1) is 13.1. The summed E-state index contributed by atoms with van der Waals surface area (Å²) in [5.41, 5.74) is 2.92. The molecule has 1 unspecified atom stereocenters. The molecule has 0 fully saturated rings. The number of methoxy groups -OCH3 is 2. The average Bonchev–Trinajstić information content (AvgIpc) is 3.26. The molecule has 2 aromatic carbocycles. The van der Waals surface area contributed by atoms with Crippen LogP contribution in [0.5, 0.6) is 11.5 Å². The predicted molar refractivity (Wildman–Crippen MR) is 107 cm³/mol. The highest BCUT2D eigenvalue weighted by molar-refractivity contribution is 9.10. The molecule has 3 aromatic rings. The number of thiazole rings is 1. The van der Waals surface area contributed by atoms with Crippen LogP contribution in [0.3, 0.4) is 0 Å². The molecule has 1 atom stereocenters. The van der Waals surface area contributed by atoms with Crippen molar-refractivity contribution in [3.05, 3.63) is 57.4 Å². The van der Waals surface area contributed by atoms with Crippen LogP contribution in [-0.2, 0) is 4.74 Å². The van der Waals surface area contributed by atoms with Gasteiger partial charge in [0.05, 0.1) is 19.9 Å². The van der Waals surface area contributed by atoms with E-state index in [2.05, 4.69) is 26.2 Å². The highest BCUT2D eigenvalue weighted by Gasteiger charge is 2.36. The number of rotatable bonds is 5. The van der Waals surface area contributed by atoms with Crippen molar-refractivity contribution in [1.82, 2.24) is 4.98 Å². The third-order valence-corrected chi connectivity index (χ3v) is 5.44. The van der Waals surface area contributed by atoms with E-state index in [4.69, 9.17) is 14.2 Å². The minimum absolute atomic E-state index is 0.373. The first-order valence-corrected chi connectivity index (χ1v) is 9.72. The molecule has 27 heavy (non-hydrogen) atoms. The van der Waals surface area contributed by atoms with Crippen LogP contribution in [0.2, 0.25) is 0 Å². The molecule has 4 rings (SSSR count). The zero-order valence-corrected chi connectivity index (χ0v) is 16.9. The molecule has 8 heteroatoms. The second-order valence-corrected chi connectivity index (χ2v) is 7.52. The van der Waals surface area contributed by atoms with Crippen LogP contribution in [-0.4, -0.2) is 25.2 Å². The summed E-state index contributed by atoms with van der Waals surface area (Å²) in [5.74, 6) is 0.403. The maximum atomic E-state index is 12.4. The number of anilines is 1. The number of hydrogen-bond acceptors (Lipinski definition) is 7. The molecular formula is C19H15BrN2O4S. The Kier molecular flexibility index (Phi) is 4.75. The van der Waals surface area contributed by atoms with Crippen molar-refractivity contribution < 1.29 is 19.0 Å². The molecule has 1 aliphatic rings. The van der Waals surface area contributed by atoms with Crippen LogP contribution in [0.15, 0.2) is 46.3 Å². The predicted octanol–water partition coefficient (Wildman–Crippen LogP) is 4.87. The highest BCUT2D eigenvalue weighted by atomic mass is 79.9. The third-order valence-electron chi connectivity index (χ3n) is 4.17. The molecule has 0 amide bonds. The molecule has 1 aromatic heterocycles. The molecule has 0 spiro atoms. The Morgan fingerprint density at radius 3 is 2.81 bits per heavy atom. The van der Waals surface area contributed by atoms with Crippen LogP contribution < -0.4 is 14.8 Å². The van der Waals surface area contributed by atoms with Crippen molar-refractivity contribution in [2.45, 2.75) is 6.23 Å². The Morgan fingerprint density at radius 2 is 2.07 bits per heavy atom. The monoisotopic (exact) mass is 446 g/mol. The van der Waals surface area contributed by atoms with Crippen molar-refractivity contribution >= 4 is 38.4 Å². The number of cyclic esters (lactones) is 1. The van der Waals surface area contributed by atoms with E-state index in [0.717, 1.165) is 15.7 Å². The van der Waals surface area contributed by atoms with Crippen molar-refractivity contribution in [2.24, 2.45) is 0 Å². The minimum Gasteiger partial charge on any atom is -0.493 e. The fourth-order valence-corrected chi connectivity index (χ4v) is 4.08. The molecule has 1 N–H and O–H groups in total. The van der Waals surface area contributed by atoms with Gasteiger partial charge in [-0.1, -0.05) is 28.1 Å². The minimum atomic E-state index is -0.631. The van der Waals surface area contributed by atoms with E-state index in [1.165, 1.54) is 25.6 Å². The summed E-state index contributed by atoms with van der Waals surface area (Å²) in [5, 5.41) is 5.79. The summed E-state index contributed by atoms with van der Waals surface area (Å²) >= 11 is 4.91. The molecule has 0 saturated heterocycles. The Bertz CT molecular complexity index is 1020. The molecular weight excluding hydrogens is 432 g/mol. The molecule has 1 aliphatic heterocycles. The number of benzene rings is 2. The molecule has 0 saturated carbocycles. The Labute approximate surface area is 168 Å². The number of aromatic nitrogens is 1. The van der Waals surface area contributed by atoms with E-state index in [1.807, 2.05) is 29.6 Å². The number of esters is 1. The summed E-state index contributed by atoms with van der Waals surface area (Å²) in [7, 11) is 3.02. The van der Waals surface area contributed by atoms with Gasteiger partial charge in [0.1, 0.15) is 5.56 Å². The number of carbonyl (C=O) groups is 1. The zero-order chi connectivity index (χ0) is 19.0. The van der Waals surface area contributed by atoms with Gasteiger partial charge < -0.3 is 19.5 Å². The van der Waals surface area contributed by atoms with Gasteiger partial charge in [-0.25, -0.2) is 9.78 Å². The first kappa shape index (κ1) is 17.8. The Hall–Kier alpha value is -2.58. The fraction of sp³-hybridized carbons (Fsp3) is 0.158. The lowest BCUT2D eigenvalue weighted by Crippen LogP contribution is -2.10. The van der Waals surface area contributed by atoms with Crippen LogP contribution in [0, 0.1) is 0 Å². The fourth-order valence-electron chi connectivity index (χ4n) is 2.94. The normalized spacial score (nSPS) is 15.2. The van der Waals surface area contributed by atoms with Crippen LogP contribution in [0.25, 0.3) is 11.3 Å². The molecule has 2 heterocycles. The number of halogens is 1. The van der Waals surface area contributed by atoms with Gasteiger partial charge in [0.2, 0.25) is 6.23 Å². The third kappa shape index (κ3) is 3.26. The van der Waals surface area contributed by atoms with Crippen molar-refractivity contribution in [3.8, 4) is 22.8 Å². The van der Waals surface area contributed by atoms with E-state index >= 15 is 0 Å². The lowest BCUT2D eigenvalue weighted by Gasteiger charge is -2.13.